The second kappa shape index (κ2) is 6.43. The quantitative estimate of drug-likeness (QED) is 0.860. The molecule has 0 amide bonds. The smallest absolute Gasteiger partial charge is 0.322 e. The van der Waals surface area contributed by atoms with Gasteiger partial charge in [-0.1, -0.05) is 48.8 Å². The lowest BCUT2D eigenvalue weighted by atomic mass is 10.0. The highest BCUT2D eigenvalue weighted by atomic mass is 32.2. The standard InChI is InChI=1S/C17H23N3O2S/c1-4-17(5-2)12-20(10-11-23(17)21)16-18-15(19-22-16)14-8-6-13(3)7-9-14/h6-9H,4-5,10-12H2,1-3H3. The highest BCUT2D eigenvalue weighted by Crippen LogP contribution is 2.31. The second-order valence-corrected chi connectivity index (χ2v) is 8.09. The molecule has 0 aliphatic carbocycles. The third-order valence-corrected chi connectivity index (χ3v) is 7.02. The maximum atomic E-state index is 12.4. The van der Waals surface area contributed by atoms with Crippen LogP contribution >= 0.6 is 0 Å². The number of rotatable bonds is 4. The van der Waals surface area contributed by atoms with E-state index < -0.39 is 10.8 Å². The Bertz CT molecular complexity index is 692. The molecule has 1 atom stereocenters. The van der Waals surface area contributed by atoms with Gasteiger partial charge in [-0.3, -0.25) is 4.21 Å². The first kappa shape index (κ1) is 16.2. The summed E-state index contributed by atoms with van der Waals surface area (Å²) in [6.45, 7) is 7.67. The zero-order valence-corrected chi connectivity index (χ0v) is 14.7. The number of aryl methyl sites for hydroxylation is 1. The summed E-state index contributed by atoms with van der Waals surface area (Å²) in [7, 11) is -0.794. The van der Waals surface area contributed by atoms with Gasteiger partial charge in [-0.2, -0.15) is 4.98 Å². The zero-order valence-electron chi connectivity index (χ0n) is 13.9. The van der Waals surface area contributed by atoms with Gasteiger partial charge >= 0.3 is 6.01 Å². The first-order valence-corrected chi connectivity index (χ1v) is 9.44. The molecule has 1 saturated heterocycles. The fraction of sp³-hybridized carbons (Fsp3) is 0.529. The maximum Gasteiger partial charge on any atom is 0.324 e. The molecule has 3 rings (SSSR count). The minimum atomic E-state index is -0.794. The van der Waals surface area contributed by atoms with E-state index in [4.69, 9.17) is 4.52 Å². The van der Waals surface area contributed by atoms with Crippen LogP contribution < -0.4 is 4.90 Å². The molecule has 1 fully saturated rings. The van der Waals surface area contributed by atoms with Crippen molar-refractivity contribution in [2.24, 2.45) is 0 Å². The summed E-state index contributed by atoms with van der Waals surface area (Å²) in [5.74, 6) is 1.26. The van der Waals surface area contributed by atoms with E-state index in [9.17, 15) is 4.21 Å². The van der Waals surface area contributed by atoms with Crippen LogP contribution in [-0.2, 0) is 10.8 Å². The first-order chi connectivity index (χ1) is 11.1. The van der Waals surface area contributed by atoms with Crippen LogP contribution in [0.15, 0.2) is 28.8 Å². The molecule has 1 aromatic heterocycles. The number of benzene rings is 1. The van der Waals surface area contributed by atoms with E-state index in [0.29, 0.717) is 30.7 Å². The lowest BCUT2D eigenvalue weighted by molar-refractivity contribution is 0.399. The van der Waals surface area contributed by atoms with Crippen molar-refractivity contribution in [3.05, 3.63) is 29.8 Å². The summed E-state index contributed by atoms with van der Waals surface area (Å²) >= 11 is 0. The molecule has 0 saturated carbocycles. The van der Waals surface area contributed by atoms with Crippen molar-refractivity contribution >= 4 is 16.8 Å². The number of nitrogens with zero attached hydrogens (tertiary/aromatic N) is 3. The minimum Gasteiger partial charge on any atom is -0.322 e. The molecule has 6 heteroatoms. The van der Waals surface area contributed by atoms with Crippen LogP contribution in [-0.4, -0.2) is 37.9 Å². The first-order valence-electron chi connectivity index (χ1n) is 8.12. The van der Waals surface area contributed by atoms with Gasteiger partial charge in [0.1, 0.15) is 0 Å². The summed E-state index contributed by atoms with van der Waals surface area (Å²) < 4.78 is 17.7. The third kappa shape index (κ3) is 3.04. The van der Waals surface area contributed by atoms with Gasteiger partial charge in [0.05, 0.1) is 4.75 Å². The van der Waals surface area contributed by atoms with Gasteiger partial charge in [0.25, 0.3) is 0 Å². The van der Waals surface area contributed by atoms with E-state index in [2.05, 4.69) is 28.9 Å². The highest BCUT2D eigenvalue weighted by Gasteiger charge is 2.40. The Morgan fingerprint density at radius 3 is 2.61 bits per heavy atom. The molecule has 0 spiro atoms. The lowest BCUT2D eigenvalue weighted by Gasteiger charge is -2.40. The summed E-state index contributed by atoms with van der Waals surface area (Å²) in [5.41, 5.74) is 2.15. The van der Waals surface area contributed by atoms with Crippen molar-refractivity contribution in [1.82, 2.24) is 10.1 Å². The molecule has 1 aromatic carbocycles. The minimum absolute atomic E-state index is 0.170. The predicted molar refractivity (Wildman–Crippen MR) is 93.0 cm³/mol. The molecule has 1 aliphatic heterocycles. The molecule has 5 nitrogen and oxygen atoms in total. The van der Waals surface area contributed by atoms with Crippen molar-refractivity contribution in [2.75, 3.05) is 23.7 Å². The van der Waals surface area contributed by atoms with Gasteiger partial charge in [-0.15, -0.1) is 0 Å². The van der Waals surface area contributed by atoms with E-state index >= 15 is 0 Å². The van der Waals surface area contributed by atoms with Gasteiger partial charge in [0.15, 0.2) is 0 Å². The molecule has 2 aromatic rings. The van der Waals surface area contributed by atoms with Gasteiger partial charge in [0, 0.05) is 35.2 Å². The summed E-state index contributed by atoms with van der Waals surface area (Å²) in [5, 5.41) is 4.11. The van der Waals surface area contributed by atoms with Crippen molar-refractivity contribution in [3.8, 4) is 11.4 Å². The Labute approximate surface area is 139 Å². The van der Waals surface area contributed by atoms with E-state index in [0.717, 1.165) is 18.4 Å². The normalized spacial score (nSPS) is 20.7. The Hall–Kier alpha value is -1.69. The largest absolute Gasteiger partial charge is 0.324 e. The lowest BCUT2D eigenvalue weighted by Crippen LogP contribution is -2.53. The average molecular weight is 333 g/mol. The molecule has 1 unspecified atom stereocenters. The Morgan fingerprint density at radius 1 is 1.26 bits per heavy atom. The van der Waals surface area contributed by atoms with Gasteiger partial charge in [0.2, 0.25) is 5.82 Å². The molecule has 2 heterocycles. The molecular formula is C17H23N3O2S. The molecule has 0 N–H and O–H groups in total. The number of aromatic nitrogens is 2. The van der Waals surface area contributed by atoms with Crippen LogP contribution in [0.1, 0.15) is 32.3 Å². The van der Waals surface area contributed by atoms with Crippen molar-refractivity contribution in [1.29, 1.82) is 0 Å². The van der Waals surface area contributed by atoms with E-state index in [1.807, 2.05) is 31.2 Å². The maximum absolute atomic E-state index is 12.4. The average Bonchev–Trinajstić information content (AvgIpc) is 3.06. The van der Waals surface area contributed by atoms with Crippen LogP contribution in [0.25, 0.3) is 11.4 Å². The fourth-order valence-corrected chi connectivity index (χ4v) is 4.79. The van der Waals surface area contributed by atoms with Crippen LogP contribution in [0.4, 0.5) is 6.01 Å². The van der Waals surface area contributed by atoms with E-state index in [-0.39, 0.29) is 4.75 Å². The third-order valence-electron chi connectivity index (χ3n) is 4.79. The fourth-order valence-electron chi connectivity index (χ4n) is 3.03. The highest BCUT2D eigenvalue weighted by molar-refractivity contribution is 7.86. The number of hydrogen-bond donors (Lipinski definition) is 0. The number of anilines is 1. The topological polar surface area (TPSA) is 59.2 Å². The Morgan fingerprint density at radius 2 is 1.96 bits per heavy atom. The molecule has 0 bridgehead atoms. The zero-order chi connectivity index (χ0) is 16.4. The van der Waals surface area contributed by atoms with Crippen LogP contribution in [0.3, 0.4) is 0 Å². The van der Waals surface area contributed by atoms with Gasteiger partial charge < -0.3 is 9.42 Å². The monoisotopic (exact) mass is 333 g/mol. The Kier molecular flexibility index (Phi) is 4.53. The van der Waals surface area contributed by atoms with E-state index in [1.165, 1.54) is 5.56 Å². The van der Waals surface area contributed by atoms with E-state index in [1.54, 1.807) is 0 Å². The van der Waals surface area contributed by atoms with Crippen LogP contribution in [0, 0.1) is 6.92 Å². The van der Waals surface area contributed by atoms with Crippen LogP contribution in [0.5, 0.6) is 0 Å². The SMILES string of the molecule is CCC1(CC)CN(c2nc(-c3ccc(C)cc3)no2)CCS1=O. The molecule has 23 heavy (non-hydrogen) atoms. The molecule has 1 aliphatic rings. The summed E-state index contributed by atoms with van der Waals surface area (Å²) in [4.78, 5) is 6.62. The van der Waals surface area contributed by atoms with Gasteiger partial charge in [-0.25, -0.2) is 0 Å². The summed E-state index contributed by atoms with van der Waals surface area (Å²) in [6, 6.07) is 8.60. The van der Waals surface area contributed by atoms with Crippen LogP contribution in [0.2, 0.25) is 0 Å². The summed E-state index contributed by atoms with van der Waals surface area (Å²) in [6.07, 6.45) is 1.79. The molecule has 124 valence electrons. The van der Waals surface area contributed by atoms with Crippen molar-refractivity contribution in [2.45, 2.75) is 38.4 Å². The molecular weight excluding hydrogens is 310 g/mol. The Balaban J connectivity index is 1.83. The second-order valence-electron chi connectivity index (χ2n) is 6.13. The van der Waals surface area contributed by atoms with Crippen molar-refractivity contribution in [3.63, 3.8) is 0 Å². The predicted octanol–water partition coefficient (Wildman–Crippen LogP) is 3.17. The van der Waals surface area contributed by atoms with Gasteiger partial charge in [-0.05, 0) is 19.8 Å². The molecule has 0 radical (unpaired) electrons. The van der Waals surface area contributed by atoms with Crippen molar-refractivity contribution < 1.29 is 8.73 Å². The number of hydrogen-bond acceptors (Lipinski definition) is 5.